The number of aromatic nitrogens is 3. The van der Waals surface area contributed by atoms with Gasteiger partial charge in [0.05, 0.1) is 10.0 Å². The van der Waals surface area contributed by atoms with Crippen molar-refractivity contribution in [3.8, 4) is 0 Å². The van der Waals surface area contributed by atoms with E-state index in [0.29, 0.717) is 46.0 Å². The van der Waals surface area contributed by atoms with Gasteiger partial charge in [0.1, 0.15) is 16.4 Å². The topological polar surface area (TPSA) is 92.9 Å². The molecule has 0 saturated carbocycles. The minimum absolute atomic E-state index is 0.280. The van der Waals surface area contributed by atoms with E-state index in [-0.39, 0.29) is 5.91 Å². The van der Waals surface area contributed by atoms with Crippen LogP contribution in [0.25, 0.3) is 11.0 Å². The van der Waals surface area contributed by atoms with Crippen molar-refractivity contribution in [3.63, 3.8) is 0 Å². The lowest BCUT2D eigenvalue weighted by Gasteiger charge is -2.08. The molecule has 0 saturated heterocycles. The molecule has 0 radical (unpaired) electrons. The Labute approximate surface area is 196 Å². The van der Waals surface area contributed by atoms with E-state index in [1.807, 2.05) is 31.2 Å². The van der Waals surface area contributed by atoms with Crippen molar-refractivity contribution in [2.45, 2.75) is 17.0 Å². The highest BCUT2D eigenvalue weighted by atomic mass is 35.5. The maximum absolute atomic E-state index is 12.8. The van der Waals surface area contributed by atoms with E-state index < -0.39 is 0 Å². The number of hydrogen-bond donors (Lipinski definition) is 2. The lowest BCUT2D eigenvalue weighted by Crippen LogP contribution is -2.29. The molecule has 0 aliphatic rings. The summed E-state index contributed by atoms with van der Waals surface area (Å²) in [5.74, 6) is 1.08. The number of nitrogens with zero attached hydrogens (tertiary/aromatic N) is 3. The number of aryl methyl sites for hydroxylation is 1. The van der Waals surface area contributed by atoms with Gasteiger partial charge in [0.2, 0.25) is 0 Å². The Morgan fingerprint density at radius 1 is 1.23 bits per heavy atom. The molecular formula is C20H17Cl2N5O2S2. The largest absolute Gasteiger partial charge is 0.451 e. The van der Waals surface area contributed by atoms with Gasteiger partial charge in [-0.1, -0.05) is 64.5 Å². The van der Waals surface area contributed by atoms with Gasteiger partial charge in [-0.05, 0) is 19.1 Å². The molecule has 0 aliphatic carbocycles. The first-order valence-electron chi connectivity index (χ1n) is 9.27. The molecule has 31 heavy (non-hydrogen) atoms. The van der Waals surface area contributed by atoms with Crippen LogP contribution in [-0.2, 0) is 5.75 Å². The van der Waals surface area contributed by atoms with Gasteiger partial charge in [0.15, 0.2) is 10.1 Å². The first-order valence-corrected chi connectivity index (χ1v) is 11.8. The van der Waals surface area contributed by atoms with Gasteiger partial charge >= 0.3 is 0 Å². The lowest BCUT2D eigenvalue weighted by atomic mass is 10.1. The number of carbonyl (C=O) groups is 1. The quantitative estimate of drug-likeness (QED) is 0.249. The van der Waals surface area contributed by atoms with Crippen molar-refractivity contribution >= 4 is 69.0 Å². The van der Waals surface area contributed by atoms with Crippen LogP contribution in [0.5, 0.6) is 0 Å². The molecule has 0 fully saturated rings. The van der Waals surface area contributed by atoms with Crippen LogP contribution in [0.1, 0.15) is 21.1 Å². The molecule has 1 aromatic carbocycles. The summed E-state index contributed by atoms with van der Waals surface area (Å²) < 4.78 is 6.73. The highest BCUT2D eigenvalue weighted by Crippen LogP contribution is 2.33. The normalized spacial score (nSPS) is 11.1. The van der Waals surface area contributed by atoms with Crippen LogP contribution in [0.2, 0.25) is 10.0 Å². The van der Waals surface area contributed by atoms with E-state index in [1.54, 1.807) is 6.07 Å². The van der Waals surface area contributed by atoms with E-state index >= 15 is 0 Å². The summed E-state index contributed by atoms with van der Waals surface area (Å²) in [4.78, 5) is 17.0. The highest BCUT2D eigenvalue weighted by Gasteiger charge is 2.21. The van der Waals surface area contributed by atoms with Crippen LogP contribution in [0, 0.1) is 6.92 Å². The molecule has 11 heteroatoms. The summed E-state index contributed by atoms with van der Waals surface area (Å²) in [6.45, 7) is 2.71. The number of carbonyl (C=O) groups excluding carboxylic acids is 1. The fourth-order valence-corrected chi connectivity index (χ4v) is 5.17. The zero-order valence-corrected chi connectivity index (χ0v) is 19.5. The Hall–Kier alpha value is -2.33. The summed E-state index contributed by atoms with van der Waals surface area (Å²) in [7, 11) is 0. The monoisotopic (exact) mass is 493 g/mol. The number of furan rings is 1. The second-order valence-electron chi connectivity index (χ2n) is 6.45. The number of anilines is 1. The number of hydrogen-bond acceptors (Lipinski definition) is 8. The molecule has 0 bridgehead atoms. The van der Waals surface area contributed by atoms with Gasteiger partial charge in [-0.2, -0.15) is 0 Å². The number of thioether (sulfide) groups is 1. The van der Waals surface area contributed by atoms with Crippen LogP contribution in [-0.4, -0.2) is 34.2 Å². The summed E-state index contributed by atoms with van der Waals surface area (Å²) in [6, 6.07) is 9.22. The smallest absolute Gasteiger partial charge is 0.287 e. The molecule has 1 amide bonds. The fourth-order valence-electron chi connectivity index (χ4n) is 2.88. The number of amides is 1. The molecule has 0 unspecified atom stereocenters. The number of rotatable bonds is 8. The Kier molecular flexibility index (Phi) is 6.96. The summed E-state index contributed by atoms with van der Waals surface area (Å²) >= 11 is 15.0. The second kappa shape index (κ2) is 9.86. The fraction of sp³-hybridized carbons (Fsp3) is 0.200. The minimum Gasteiger partial charge on any atom is -0.451 e. The van der Waals surface area contributed by atoms with Crippen LogP contribution in [0.4, 0.5) is 5.82 Å². The van der Waals surface area contributed by atoms with Gasteiger partial charge in [-0.3, -0.25) is 4.79 Å². The maximum atomic E-state index is 12.8. The summed E-state index contributed by atoms with van der Waals surface area (Å²) in [5.41, 5.74) is 1.51. The number of nitrogens with one attached hydrogen (secondary N) is 2. The van der Waals surface area contributed by atoms with Crippen molar-refractivity contribution in [2.24, 2.45) is 0 Å². The van der Waals surface area contributed by atoms with Crippen LogP contribution in [0.15, 0.2) is 45.3 Å². The molecule has 3 aromatic heterocycles. The Morgan fingerprint density at radius 3 is 2.84 bits per heavy atom. The Bertz CT molecular complexity index is 1230. The molecule has 3 heterocycles. The molecule has 2 N–H and O–H groups in total. The number of fused-ring (bicyclic) bond motifs is 1. The molecule has 0 atom stereocenters. The SMILES string of the molecule is Cc1nnc(SCc2c(C(=O)NCCNc3ncc(Cl)cc3Cl)oc3ccccc23)s1. The third kappa shape index (κ3) is 5.30. The third-order valence-electron chi connectivity index (χ3n) is 4.26. The number of halogens is 2. The summed E-state index contributed by atoms with van der Waals surface area (Å²) in [5, 5.41) is 16.8. The average Bonchev–Trinajstić information content (AvgIpc) is 3.34. The van der Waals surface area contributed by atoms with Crippen molar-refractivity contribution in [1.82, 2.24) is 20.5 Å². The van der Waals surface area contributed by atoms with Gasteiger partial charge in [0, 0.05) is 36.0 Å². The number of benzene rings is 1. The van der Waals surface area contributed by atoms with Gasteiger partial charge in [-0.25, -0.2) is 4.98 Å². The van der Waals surface area contributed by atoms with E-state index in [2.05, 4.69) is 25.8 Å². The van der Waals surface area contributed by atoms with Crippen molar-refractivity contribution in [2.75, 3.05) is 18.4 Å². The minimum atomic E-state index is -0.280. The average molecular weight is 494 g/mol. The Morgan fingerprint density at radius 2 is 2.06 bits per heavy atom. The zero-order valence-electron chi connectivity index (χ0n) is 16.3. The van der Waals surface area contributed by atoms with Crippen LogP contribution in [0.3, 0.4) is 0 Å². The molecule has 160 valence electrons. The number of pyridine rings is 1. The van der Waals surface area contributed by atoms with Crippen molar-refractivity contribution < 1.29 is 9.21 Å². The zero-order chi connectivity index (χ0) is 21.8. The summed E-state index contributed by atoms with van der Waals surface area (Å²) in [6.07, 6.45) is 1.51. The van der Waals surface area contributed by atoms with Gasteiger partial charge < -0.3 is 15.1 Å². The third-order valence-corrected chi connectivity index (χ3v) is 6.76. The molecule has 0 spiro atoms. The Balaban J connectivity index is 1.43. The predicted octanol–water partition coefficient (Wildman–Crippen LogP) is 5.43. The number of para-hydroxylation sites is 1. The maximum Gasteiger partial charge on any atom is 0.287 e. The first-order chi connectivity index (χ1) is 15.0. The molecule has 0 aliphatic heterocycles. The van der Waals surface area contributed by atoms with E-state index in [9.17, 15) is 4.79 Å². The van der Waals surface area contributed by atoms with E-state index in [1.165, 1.54) is 29.3 Å². The molecule has 4 rings (SSSR count). The van der Waals surface area contributed by atoms with Crippen molar-refractivity contribution in [3.05, 3.63) is 62.9 Å². The van der Waals surface area contributed by atoms with E-state index in [4.69, 9.17) is 27.6 Å². The predicted molar refractivity (Wildman–Crippen MR) is 126 cm³/mol. The van der Waals surface area contributed by atoms with Gasteiger partial charge in [0.25, 0.3) is 5.91 Å². The van der Waals surface area contributed by atoms with Crippen molar-refractivity contribution in [1.29, 1.82) is 0 Å². The second-order valence-corrected chi connectivity index (χ2v) is 9.70. The van der Waals surface area contributed by atoms with Crippen LogP contribution >= 0.6 is 46.3 Å². The van der Waals surface area contributed by atoms with Crippen LogP contribution < -0.4 is 10.6 Å². The first kappa shape index (κ1) is 21.9. The lowest BCUT2D eigenvalue weighted by molar-refractivity contribution is 0.0928. The molecule has 4 aromatic rings. The van der Waals surface area contributed by atoms with Gasteiger partial charge in [-0.15, -0.1) is 10.2 Å². The molecular weight excluding hydrogens is 477 g/mol. The highest BCUT2D eigenvalue weighted by molar-refractivity contribution is 8.00. The van der Waals surface area contributed by atoms with E-state index in [0.717, 1.165) is 20.3 Å². The standard InChI is InChI=1S/C20H17Cl2N5O2S2/c1-11-26-27-20(31-11)30-10-14-13-4-2-3-5-16(13)29-17(14)19(28)24-7-6-23-18-15(22)8-12(21)9-25-18/h2-5,8-9H,6-7,10H2,1H3,(H,23,25)(H,24,28). The molecule has 7 nitrogen and oxygen atoms in total.